The van der Waals surface area contributed by atoms with Crippen LogP contribution in [0.5, 0.6) is 5.75 Å². The van der Waals surface area contributed by atoms with E-state index >= 15 is 0 Å². The number of nitrogens with zero attached hydrogens (tertiary/aromatic N) is 2. The van der Waals surface area contributed by atoms with Crippen LogP contribution in [0.25, 0.3) is 11.1 Å². The molecule has 1 aliphatic rings. The molecular formula is C25H23FN2O2. The van der Waals surface area contributed by atoms with Gasteiger partial charge in [0.2, 0.25) is 0 Å². The number of carbonyl (C=O) groups excluding carboxylic acids is 1. The summed E-state index contributed by atoms with van der Waals surface area (Å²) in [4.78, 5) is 19.1. The van der Waals surface area contributed by atoms with E-state index in [4.69, 9.17) is 4.74 Å². The Hall–Kier alpha value is -3.47. The highest BCUT2D eigenvalue weighted by atomic mass is 19.1. The van der Waals surface area contributed by atoms with Gasteiger partial charge in [0, 0.05) is 30.9 Å². The molecule has 3 aromatic carbocycles. The number of benzene rings is 3. The molecule has 0 radical (unpaired) electrons. The molecule has 0 fully saturated rings. The van der Waals surface area contributed by atoms with Gasteiger partial charge in [-0.1, -0.05) is 30.3 Å². The molecule has 3 aromatic rings. The molecular weight excluding hydrogens is 379 g/mol. The zero-order chi connectivity index (χ0) is 21.1. The Morgan fingerprint density at radius 2 is 1.97 bits per heavy atom. The second-order valence-electron chi connectivity index (χ2n) is 7.27. The van der Waals surface area contributed by atoms with Crippen molar-refractivity contribution >= 4 is 12.1 Å². The predicted molar refractivity (Wildman–Crippen MR) is 117 cm³/mol. The summed E-state index contributed by atoms with van der Waals surface area (Å²) in [7, 11) is 1.79. The SMILES string of the molecule is CCOc1cc(C(=O)N(C)Cc2cccc3c2CN=C3)ccc1-c1cccc(F)c1. The largest absolute Gasteiger partial charge is 0.493 e. The molecule has 152 valence electrons. The summed E-state index contributed by atoms with van der Waals surface area (Å²) < 4.78 is 19.4. The lowest BCUT2D eigenvalue weighted by Crippen LogP contribution is -2.26. The normalized spacial score (nSPS) is 12.0. The third-order valence-corrected chi connectivity index (χ3v) is 5.21. The van der Waals surface area contributed by atoms with Crippen LogP contribution in [0.2, 0.25) is 0 Å². The second-order valence-corrected chi connectivity index (χ2v) is 7.27. The van der Waals surface area contributed by atoms with Crippen molar-refractivity contribution in [3.8, 4) is 16.9 Å². The number of rotatable bonds is 6. The Morgan fingerprint density at radius 1 is 1.13 bits per heavy atom. The van der Waals surface area contributed by atoms with Crippen LogP contribution in [0.4, 0.5) is 4.39 Å². The van der Waals surface area contributed by atoms with Gasteiger partial charge in [0.1, 0.15) is 11.6 Å². The summed E-state index contributed by atoms with van der Waals surface area (Å²) in [6.07, 6.45) is 1.88. The first-order chi connectivity index (χ1) is 14.6. The first-order valence-electron chi connectivity index (χ1n) is 9.95. The summed E-state index contributed by atoms with van der Waals surface area (Å²) in [5.74, 6) is 0.156. The van der Waals surface area contributed by atoms with Gasteiger partial charge in [-0.3, -0.25) is 9.79 Å². The standard InChI is InChI=1S/C25H23FN2O2/c1-3-30-24-13-18(10-11-22(24)17-6-5-9-21(26)12-17)25(29)28(2)16-20-8-4-7-19-14-27-15-23(19)20/h4-14H,3,15-16H2,1-2H3. The van der Waals surface area contributed by atoms with Gasteiger partial charge in [0.25, 0.3) is 5.91 Å². The molecule has 0 spiro atoms. The van der Waals surface area contributed by atoms with Crippen molar-refractivity contribution in [3.63, 3.8) is 0 Å². The van der Waals surface area contributed by atoms with Crippen LogP contribution < -0.4 is 4.74 Å². The maximum absolute atomic E-state index is 13.7. The molecule has 0 unspecified atom stereocenters. The van der Waals surface area contributed by atoms with Crippen molar-refractivity contribution in [2.24, 2.45) is 4.99 Å². The number of aliphatic imine (C=N–C) groups is 1. The van der Waals surface area contributed by atoms with E-state index < -0.39 is 0 Å². The summed E-state index contributed by atoms with van der Waals surface area (Å²) in [6, 6.07) is 17.7. The van der Waals surface area contributed by atoms with Crippen LogP contribution in [-0.2, 0) is 13.1 Å². The first-order valence-corrected chi connectivity index (χ1v) is 9.95. The van der Waals surface area contributed by atoms with Gasteiger partial charge in [0.15, 0.2) is 0 Å². The van der Waals surface area contributed by atoms with Gasteiger partial charge in [-0.05, 0) is 59.5 Å². The van der Waals surface area contributed by atoms with Crippen molar-refractivity contribution in [1.82, 2.24) is 4.90 Å². The van der Waals surface area contributed by atoms with E-state index in [1.807, 2.05) is 43.5 Å². The fourth-order valence-corrected chi connectivity index (χ4v) is 3.72. The Bertz CT molecular complexity index is 1120. The average molecular weight is 402 g/mol. The zero-order valence-corrected chi connectivity index (χ0v) is 17.1. The van der Waals surface area contributed by atoms with Gasteiger partial charge in [0.05, 0.1) is 13.2 Å². The fraction of sp³-hybridized carbons (Fsp3) is 0.200. The fourth-order valence-electron chi connectivity index (χ4n) is 3.72. The molecule has 1 aliphatic heterocycles. The van der Waals surface area contributed by atoms with Gasteiger partial charge >= 0.3 is 0 Å². The number of hydrogen-bond acceptors (Lipinski definition) is 3. The molecule has 0 aliphatic carbocycles. The van der Waals surface area contributed by atoms with Crippen molar-refractivity contribution in [2.45, 2.75) is 20.0 Å². The molecule has 0 atom stereocenters. The quantitative estimate of drug-likeness (QED) is 0.576. The molecule has 0 aromatic heterocycles. The lowest BCUT2D eigenvalue weighted by atomic mass is 10.0. The molecule has 0 N–H and O–H groups in total. The Morgan fingerprint density at radius 3 is 2.77 bits per heavy atom. The Balaban J connectivity index is 1.59. The van der Waals surface area contributed by atoms with Crippen molar-refractivity contribution in [3.05, 3.63) is 88.7 Å². The second kappa shape index (κ2) is 8.49. The van der Waals surface area contributed by atoms with E-state index in [2.05, 4.69) is 4.99 Å². The van der Waals surface area contributed by atoms with Crippen molar-refractivity contribution in [1.29, 1.82) is 0 Å². The molecule has 1 amide bonds. The van der Waals surface area contributed by atoms with E-state index in [9.17, 15) is 9.18 Å². The van der Waals surface area contributed by atoms with E-state index in [1.165, 1.54) is 17.7 Å². The van der Waals surface area contributed by atoms with Crippen LogP contribution in [-0.4, -0.2) is 30.7 Å². The van der Waals surface area contributed by atoms with Gasteiger partial charge in [-0.25, -0.2) is 4.39 Å². The summed E-state index contributed by atoms with van der Waals surface area (Å²) in [5.41, 5.74) is 5.39. The summed E-state index contributed by atoms with van der Waals surface area (Å²) in [5, 5.41) is 0. The van der Waals surface area contributed by atoms with Gasteiger partial charge in [-0.15, -0.1) is 0 Å². The number of amides is 1. The van der Waals surface area contributed by atoms with E-state index in [-0.39, 0.29) is 11.7 Å². The lowest BCUT2D eigenvalue weighted by molar-refractivity contribution is 0.0784. The summed E-state index contributed by atoms with van der Waals surface area (Å²) in [6.45, 7) is 3.49. The molecule has 30 heavy (non-hydrogen) atoms. The molecule has 4 nitrogen and oxygen atoms in total. The third-order valence-electron chi connectivity index (χ3n) is 5.21. The predicted octanol–water partition coefficient (Wildman–Crippen LogP) is 5.10. The average Bonchev–Trinajstić information content (AvgIpc) is 3.23. The van der Waals surface area contributed by atoms with E-state index in [0.29, 0.717) is 36.6 Å². The number of halogens is 1. The maximum atomic E-state index is 13.7. The van der Waals surface area contributed by atoms with Crippen LogP contribution in [0.3, 0.4) is 0 Å². The third kappa shape index (κ3) is 3.96. The van der Waals surface area contributed by atoms with Crippen LogP contribution in [0, 0.1) is 5.82 Å². The highest BCUT2D eigenvalue weighted by Gasteiger charge is 2.18. The zero-order valence-electron chi connectivity index (χ0n) is 17.1. The smallest absolute Gasteiger partial charge is 0.254 e. The Kier molecular flexibility index (Phi) is 5.61. The monoisotopic (exact) mass is 402 g/mol. The Labute approximate surface area is 175 Å². The van der Waals surface area contributed by atoms with Crippen molar-refractivity contribution in [2.75, 3.05) is 13.7 Å². The highest BCUT2D eigenvalue weighted by molar-refractivity contribution is 5.95. The van der Waals surface area contributed by atoms with E-state index in [0.717, 1.165) is 16.7 Å². The van der Waals surface area contributed by atoms with Crippen molar-refractivity contribution < 1.29 is 13.9 Å². The minimum absolute atomic E-state index is 0.0988. The molecule has 0 saturated carbocycles. The molecule has 4 rings (SSSR count). The molecule has 5 heteroatoms. The minimum atomic E-state index is -0.311. The molecule has 0 saturated heterocycles. The maximum Gasteiger partial charge on any atom is 0.254 e. The van der Waals surface area contributed by atoms with Crippen LogP contribution in [0.15, 0.2) is 65.7 Å². The lowest BCUT2D eigenvalue weighted by Gasteiger charge is -2.20. The number of ether oxygens (including phenoxy) is 1. The van der Waals surface area contributed by atoms with Crippen LogP contribution in [0.1, 0.15) is 34.0 Å². The van der Waals surface area contributed by atoms with E-state index in [1.54, 1.807) is 30.1 Å². The number of fused-ring (bicyclic) bond motifs is 1. The minimum Gasteiger partial charge on any atom is -0.493 e. The number of carbonyl (C=O) groups is 1. The molecule has 1 heterocycles. The first kappa shape index (κ1) is 19.8. The van der Waals surface area contributed by atoms with Crippen LogP contribution >= 0.6 is 0 Å². The van der Waals surface area contributed by atoms with Gasteiger partial charge in [-0.2, -0.15) is 0 Å². The highest BCUT2D eigenvalue weighted by Crippen LogP contribution is 2.32. The van der Waals surface area contributed by atoms with Gasteiger partial charge < -0.3 is 9.64 Å². The summed E-state index contributed by atoms with van der Waals surface area (Å²) >= 11 is 0. The topological polar surface area (TPSA) is 41.9 Å². The number of hydrogen-bond donors (Lipinski definition) is 0. The molecule has 0 bridgehead atoms.